The van der Waals surface area contributed by atoms with Crippen molar-refractivity contribution in [2.24, 2.45) is 5.92 Å². The Kier molecular flexibility index (Phi) is 3.45. The van der Waals surface area contributed by atoms with Crippen LogP contribution in [0.1, 0.15) is 39.5 Å². The van der Waals surface area contributed by atoms with E-state index in [9.17, 15) is 13.6 Å². The molecule has 1 aliphatic carbocycles. The molecule has 82 valence electrons. The average molecular weight is 205 g/mol. The second-order valence-electron chi connectivity index (χ2n) is 4.32. The number of carbonyl (C=O) groups excluding carboxylic acids is 1. The van der Waals surface area contributed by atoms with Crippen molar-refractivity contribution < 1.29 is 13.6 Å². The van der Waals surface area contributed by atoms with Crippen molar-refractivity contribution >= 4 is 5.91 Å². The lowest BCUT2D eigenvalue weighted by Gasteiger charge is -2.27. The van der Waals surface area contributed by atoms with E-state index in [1.165, 1.54) is 0 Å². The summed E-state index contributed by atoms with van der Waals surface area (Å²) in [6.45, 7) is 2.78. The van der Waals surface area contributed by atoms with Gasteiger partial charge in [0.15, 0.2) is 0 Å². The van der Waals surface area contributed by atoms with Crippen LogP contribution >= 0.6 is 0 Å². The Hall–Kier alpha value is -0.670. The summed E-state index contributed by atoms with van der Waals surface area (Å²) in [6, 6.07) is -0.0514. The maximum Gasteiger partial charge on any atom is 0.321 e. The third-order valence-electron chi connectivity index (χ3n) is 2.75. The highest BCUT2D eigenvalue weighted by Gasteiger charge is 2.34. The first kappa shape index (κ1) is 11.4. The summed E-state index contributed by atoms with van der Waals surface area (Å²) in [5, 5.41) is 2.39. The van der Waals surface area contributed by atoms with Gasteiger partial charge < -0.3 is 5.32 Å². The van der Waals surface area contributed by atoms with Crippen LogP contribution in [0.5, 0.6) is 0 Å². The zero-order valence-corrected chi connectivity index (χ0v) is 8.65. The number of hydrogen-bond donors (Lipinski definition) is 1. The van der Waals surface area contributed by atoms with Gasteiger partial charge in [0.2, 0.25) is 0 Å². The lowest BCUT2D eigenvalue weighted by Crippen LogP contribution is -2.44. The smallest absolute Gasteiger partial charge is 0.321 e. The minimum absolute atomic E-state index is 0.0514. The molecule has 4 heteroatoms. The number of alkyl halides is 2. The lowest BCUT2D eigenvalue weighted by atomic mass is 9.87. The number of halogens is 2. The molecule has 0 aromatic heterocycles. The number of rotatable bonds is 2. The molecular weight excluding hydrogens is 188 g/mol. The first-order valence-corrected chi connectivity index (χ1v) is 5.08. The van der Waals surface area contributed by atoms with Gasteiger partial charge in [-0.3, -0.25) is 4.79 Å². The molecular formula is C10H17F2NO. The van der Waals surface area contributed by atoms with Gasteiger partial charge in [0.1, 0.15) is 0 Å². The highest BCUT2D eigenvalue weighted by atomic mass is 19.3. The van der Waals surface area contributed by atoms with Crippen LogP contribution in [0, 0.1) is 5.92 Å². The molecule has 14 heavy (non-hydrogen) atoms. The molecule has 0 bridgehead atoms. The van der Waals surface area contributed by atoms with Crippen LogP contribution in [0.4, 0.5) is 8.78 Å². The van der Waals surface area contributed by atoms with Crippen LogP contribution in [0.15, 0.2) is 0 Å². The van der Waals surface area contributed by atoms with E-state index in [0.29, 0.717) is 12.8 Å². The van der Waals surface area contributed by atoms with Crippen LogP contribution < -0.4 is 5.32 Å². The predicted octanol–water partition coefficient (Wildman–Crippen LogP) is 2.34. The van der Waals surface area contributed by atoms with Gasteiger partial charge in [0.05, 0.1) is 0 Å². The number of amides is 1. The second kappa shape index (κ2) is 4.24. The van der Waals surface area contributed by atoms with Crippen LogP contribution in [-0.2, 0) is 4.79 Å². The zero-order chi connectivity index (χ0) is 10.8. The molecule has 1 aliphatic rings. The van der Waals surface area contributed by atoms with E-state index in [1.807, 2.05) is 0 Å². The van der Waals surface area contributed by atoms with Crippen molar-refractivity contribution in [3.05, 3.63) is 0 Å². The molecule has 1 amide bonds. The van der Waals surface area contributed by atoms with Crippen LogP contribution in [-0.4, -0.2) is 17.9 Å². The molecule has 1 rings (SSSR count). The maximum absolute atomic E-state index is 12.5. The largest absolute Gasteiger partial charge is 0.348 e. The Labute approximate surface area is 83.1 Å². The molecule has 0 aromatic rings. The van der Waals surface area contributed by atoms with Crippen LogP contribution in [0.3, 0.4) is 0 Å². The number of nitrogens with one attached hydrogen (secondary N) is 1. The summed E-state index contributed by atoms with van der Waals surface area (Å²) in [5.74, 6) is -3.73. The highest BCUT2D eigenvalue weighted by Crippen LogP contribution is 2.24. The van der Waals surface area contributed by atoms with Gasteiger partial charge in [0, 0.05) is 13.0 Å². The van der Waals surface area contributed by atoms with E-state index >= 15 is 0 Å². The SMILES string of the molecule is CC(F)(F)C(=O)N[C@H]1CC[C@H](C)CC1. The Balaban J connectivity index is 2.35. The van der Waals surface area contributed by atoms with Gasteiger partial charge >= 0.3 is 5.92 Å². The number of hydrogen-bond acceptors (Lipinski definition) is 1. The van der Waals surface area contributed by atoms with Gasteiger partial charge in [-0.25, -0.2) is 0 Å². The molecule has 0 saturated heterocycles. The topological polar surface area (TPSA) is 29.1 Å². The van der Waals surface area contributed by atoms with Gasteiger partial charge in [-0.05, 0) is 31.6 Å². The van der Waals surface area contributed by atoms with E-state index in [0.717, 1.165) is 25.7 Å². The second-order valence-corrected chi connectivity index (χ2v) is 4.32. The van der Waals surface area contributed by atoms with E-state index < -0.39 is 11.8 Å². The highest BCUT2D eigenvalue weighted by molar-refractivity contribution is 5.83. The first-order valence-electron chi connectivity index (χ1n) is 5.08. The lowest BCUT2D eigenvalue weighted by molar-refractivity contribution is -0.144. The quantitative estimate of drug-likeness (QED) is 0.736. The van der Waals surface area contributed by atoms with Gasteiger partial charge in [-0.15, -0.1) is 0 Å². The molecule has 0 atom stereocenters. The third-order valence-corrected chi connectivity index (χ3v) is 2.75. The van der Waals surface area contributed by atoms with Gasteiger partial charge in [-0.2, -0.15) is 8.78 Å². The van der Waals surface area contributed by atoms with Crippen molar-refractivity contribution in [3.63, 3.8) is 0 Å². The van der Waals surface area contributed by atoms with Crippen molar-refractivity contribution in [1.29, 1.82) is 0 Å². The Bertz CT molecular complexity index is 205. The Morgan fingerprint density at radius 1 is 1.29 bits per heavy atom. The molecule has 0 unspecified atom stereocenters. The van der Waals surface area contributed by atoms with Crippen LogP contribution in [0.2, 0.25) is 0 Å². The van der Waals surface area contributed by atoms with Crippen molar-refractivity contribution in [2.75, 3.05) is 0 Å². The molecule has 0 aliphatic heterocycles. The molecule has 2 nitrogen and oxygen atoms in total. The van der Waals surface area contributed by atoms with Crippen LogP contribution in [0.25, 0.3) is 0 Å². The minimum atomic E-state index is -3.25. The predicted molar refractivity (Wildman–Crippen MR) is 50.2 cm³/mol. The fourth-order valence-corrected chi connectivity index (χ4v) is 1.72. The molecule has 0 heterocycles. The van der Waals surface area contributed by atoms with E-state index in [1.54, 1.807) is 0 Å². The molecule has 1 fully saturated rings. The van der Waals surface area contributed by atoms with Crippen molar-refractivity contribution in [1.82, 2.24) is 5.32 Å². The third kappa shape index (κ3) is 3.24. The maximum atomic E-state index is 12.5. The molecule has 1 N–H and O–H groups in total. The monoisotopic (exact) mass is 205 g/mol. The van der Waals surface area contributed by atoms with E-state index in [2.05, 4.69) is 12.2 Å². The summed E-state index contributed by atoms with van der Waals surface area (Å²) in [5.41, 5.74) is 0. The summed E-state index contributed by atoms with van der Waals surface area (Å²) >= 11 is 0. The minimum Gasteiger partial charge on any atom is -0.348 e. The zero-order valence-electron chi connectivity index (χ0n) is 8.65. The Morgan fingerprint density at radius 3 is 2.21 bits per heavy atom. The molecule has 0 radical (unpaired) electrons. The Morgan fingerprint density at radius 2 is 1.79 bits per heavy atom. The molecule has 1 saturated carbocycles. The normalized spacial score (nSPS) is 28.6. The van der Waals surface area contributed by atoms with E-state index in [-0.39, 0.29) is 6.04 Å². The fourth-order valence-electron chi connectivity index (χ4n) is 1.72. The standard InChI is InChI=1S/C10H17F2NO/c1-7-3-5-8(6-4-7)13-9(14)10(2,11)12/h7-8H,3-6H2,1-2H3,(H,13,14)/t7-,8-. The van der Waals surface area contributed by atoms with E-state index in [4.69, 9.17) is 0 Å². The summed E-state index contributed by atoms with van der Waals surface area (Å²) in [7, 11) is 0. The summed E-state index contributed by atoms with van der Waals surface area (Å²) in [4.78, 5) is 11.0. The van der Waals surface area contributed by atoms with Crippen molar-refractivity contribution in [3.8, 4) is 0 Å². The fraction of sp³-hybridized carbons (Fsp3) is 0.900. The summed E-state index contributed by atoms with van der Waals surface area (Å²) < 4.78 is 25.1. The van der Waals surface area contributed by atoms with Gasteiger partial charge in [-0.1, -0.05) is 6.92 Å². The van der Waals surface area contributed by atoms with Crippen molar-refractivity contribution in [2.45, 2.75) is 51.5 Å². The summed E-state index contributed by atoms with van der Waals surface area (Å²) in [6.07, 6.45) is 3.67. The number of carbonyl (C=O) groups is 1. The van der Waals surface area contributed by atoms with Gasteiger partial charge in [0.25, 0.3) is 5.91 Å². The first-order chi connectivity index (χ1) is 6.39. The average Bonchev–Trinajstić information content (AvgIpc) is 2.07. The molecule has 0 spiro atoms. The molecule has 0 aromatic carbocycles.